The molecule has 0 N–H and O–H groups in total. The SMILES string of the molecule is CSc1ccc([C@@H]2C(C(=O)OC(C)C)=C(C)N=c3s/c(=C\c4ccc5c(c4)Sc4ccccc4N5C)c(=O)n32)cc1. The molecule has 0 saturated carbocycles. The van der Waals surface area contributed by atoms with Crippen molar-refractivity contribution in [3.05, 3.63) is 109 Å². The molecule has 0 unspecified atom stereocenters. The summed E-state index contributed by atoms with van der Waals surface area (Å²) in [6, 6.07) is 22.0. The van der Waals surface area contributed by atoms with E-state index in [1.807, 2.05) is 69.5 Å². The van der Waals surface area contributed by atoms with E-state index >= 15 is 0 Å². The van der Waals surface area contributed by atoms with Crippen LogP contribution in [0.4, 0.5) is 11.4 Å². The van der Waals surface area contributed by atoms with Crippen LogP contribution >= 0.6 is 34.9 Å². The Hall–Kier alpha value is -3.53. The van der Waals surface area contributed by atoms with Crippen LogP contribution in [0.2, 0.25) is 0 Å². The molecular weight excluding hydrogens is 571 g/mol. The third-order valence-corrected chi connectivity index (χ3v) is 9.94. The zero-order valence-electron chi connectivity index (χ0n) is 23.4. The van der Waals surface area contributed by atoms with Crippen LogP contribution in [-0.2, 0) is 9.53 Å². The number of allylic oxidation sites excluding steroid dienone is 1. The number of carbonyl (C=O) groups excluding carboxylic acids is 1. The van der Waals surface area contributed by atoms with Gasteiger partial charge in [0.1, 0.15) is 0 Å². The highest BCUT2D eigenvalue weighted by Gasteiger charge is 2.33. The van der Waals surface area contributed by atoms with Crippen molar-refractivity contribution in [3.8, 4) is 0 Å². The van der Waals surface area contributed by atoms with E-state index in [0.717, 1.165) is 26.6 Å². The highest BCUT2D eigenvalue weighted by Crippen LogP contribution is 2.47. The molecule has 41 heavy (non-hydrogen) atoms. The van der Waals surface area contributed by atoms with Crippen molar-refractivity contribution in [2.75, 3.05) is 18.2 Å². The number of thioether (sulfide) groups is 1. The number of nitrogens with zero attached hydrogens (tertiary/aromatic N) is 3. The summed E-state index contributed by atoms with van der Waals surface area (Å²) in [5, 5.41) is 0. The maximum absolute atomic E-state index is 14.0. The van der Waals surface area contributed by atoms with Crippen LogP contribution in [0.25, 0.3) is 6.08 Å². The van der Waals surface area contributed by atoms with Crippen LogP contribution in [0.3, 0.4) is 0 Å². The first-order valence-corrected chi connectivity index (χ1v) is 16.1. The fourth-order valence-electron chi connectivity index (χ4n) is 5.16. The van der Waals surface area contributed by atoms with Crippen LogP contribution in [0.5, 0.6) is 0 Å². The monoisotopic (exact) mass is 599 g/mol. The van der Waals surface area contributed by atoms with Gasteiger partial charge in [-0.2, -0.15) is 0 Å². The number of benzene rings is 3. The lowest BCUT2D eigenvalue weighted by Gasteiger charge is -2.29. The molecule has 0 amide bonds. The molecule has 2 aliphatic heterocycles. The average molecular weight is 600 g/mol. The van der Waals surface area contributed by atoms with Gasteiger partial charge in [-0.25, -0.2) is 9.79 Å². The number of anilines is 2. The second kappa shape index (κ2) is 11.0. The third kappa shape index (κ3) is 5.07. The molecule has 6 nitrogen and oxygen atoms in total. The predicted molar refractivity (Wildman–Crippen MR) is 168 cm³/mol. The van der Waals surface area contributed by atoms with Crippen LogP contribution in [0.1, 0.15) is 37.9 Å². The van der Waals surface area contributed by atoms with Gasteiger partial charge in [0.15, 0.2) is 4.80 Å². The van der Waals surface area contributed by atoms with Crippen molar-refractivity contribution in [2.45, 2.75) is 47.6 Å². The maximum Gasteiger partial charge on any atom is 0.338 e. The van der Waals surface area contributed by atoms with E-state index in [-0.39, 0.29) is 11.7 Å². The molecule has 6 rings (SSSR count). The summed E-state index contributed by atoms with van der Waals surface area (Å²) >= 11 is 4.72. The molecule has 2 aliphatic rings. The Morgan fingerprint density at radius 1 is 1.05 bits per heavy atom. The van der Waals surface area contributed by atoms with Crippen LogP contribution in [0.15, 0.2) is 102 Å². The molecule has 0 fully saturated rings. The lowest BCUT2D eigenvalue weighted by Crippen LogP contribution is -2.40. The normalized spacial score (nSPS) is 16.3. The summed E-state index contributed by atoms with van der Waals surface area (Å²) in [6.07, 6.45) is 3.65. The largest absolute Gasteiger partial charge is 0.459 e. The summed E-state index contributed by atoms with van der Waals surface area (Å²) in [5.74, 6) is -0.453. The first kappa shape index (κ1) is 27.6. The van der Waals surface area contributed by atoms with E-state index in [9.17, 15) is 9.59 Å². The molecule has 1 aromatic heterocycles. The number of ether oxygens (including phenoxy) is 1. The van der Waals surface area contributed by atoms with Gasteiger partial charge in [-0.05, 0) is 80.6 Å². The summed E-state index contributed by atoms with van der Waals surface area (Å²) in [7, 11) is 2.07. The summed E-state index contributed by atoms with van der Waals surface area (Å²) in [4.78, 5) is 38.3. The molecule has 1 atom stereocenters. The quantitative estimate of drug-likeness (QED) is 0.203. The Morgan fingerprint density at radius 3 is 2.51 bits per heavy atom. The first-order valence-electron chi connectivity index (χ1n) is 13.3. The van der Waals surface area contributed by atoms with Crippen LogP contribution in [-0.4, -0.2) is 29.9 Å². The van der Waals surface area contributed by atoms with E-state index in [1.165, 1.54) is 21.9 Å². The highest BCUT2D eigenvalue weighted by atomic mass is 32.2. The lowest BCUT2D eigenvalue weighted by atomic mass is 9.96. The molecule has 208 valence electrons. The van der Waals surface area contributed by atoms with Crippen molar-refractivity contribution in [1.82, 2.24) is 4.57 Å². The smallest absolute Gasteiger partial charge is 0.338 e. The minimum Gasteiger partial charge on any atom is -0.459 e. The molecule has 0 aliphatic carbocycles. The fourth-order valence-corrected chi connectivity index (χ4v) is 7.81. The van der Waals surface area contributed by atoms with Gasteiger partial charge in [-0.1, -0.05) is 53.4 Å². The van der Waals surface area contributed by atoms with Gasteiger partial charge >= 0.3 is 5.97 Å². The number of thiazole rings is 1. The Kier molecular flexibility index (Phi) is 7.44. The Labute approximate surface area is 251 Å². The molecule has 0 radical (unpaired) electrons. The third-order valence-electron chi connectivity index (χ3n) is 7.11. The molecule has 3 aromatic carbocycles. The minimum absolute atomic E-state index is 0.178. The summed E-state index contributed by atoms with van der Waals surface area (Å²) < 4.78 is 7.82. The predicted octanol–water partition coefficient (Wildman–Crippen LogP) is 6.14. The number of para-hydroxylation sites is 1. The van der Waals surface area contributed by atoms with Gasteiger partial charge in [0, 0.05) is 21.7 Å². The average Bonchev–Trinajstić information content (AvgIpc) is 3.25. The van der Waals surface area contributed by atoms with E-state index < -0.39 is 12.0 Å². The van der Waals surface area contributed by atoms with Gasteiger partial charge in [0.05, 0.1) is 39.3 Å². The number of hydrogen-bond acceptors (Lipinski definition) is 8. The molecule has 0 spiro atoms. The zero-order chi connectivity index (χ0) is 28.8. The van der Waals surface area contributed by atoms with Gasteiger partial charge in [-0.3, -0.25) is 9.36 Å². The molecular formula is C32H29N3O3S3. The Bertz CT molecular complexity index is 1890. The number of carbonyl (C=O) groups is 1. The lowest BCUT2D eigenvalue weighted by molar-refractivity contribution is -0.143. The molecule has 4 aromatic rings. The second-order valence-electron chi connectivity index (χ2n) is 10.2. The fraction of sp³-hybridized carbons (Fsp3) is 0.219. The zero-order valence-corrected chi connectivity index (χ0v) is 25.8. The van der Waals surface area contributed by atoms with Crippen molar-refractivity contribution < 1.29 is 9.53 Å². The van der Waals surface area contributed by atoms with Crippen molar-refractivity contribution in [3.63, 3.8) is 0 Å². The molecule has 0 bridgehead atoms. The van der Waals surface area contributed by atoms with Gasteiger partial charge < -0.3 is 9.64 Å². The first-order chi connectivity index (χ1) is 19.7. The standard InChI is InChI=1S/C32H29N3O3S3/c1-18(2)38-31(37)28-19(3)33-32-35(29(28)21-11-13-22(39-5)14-12-21)30(36)27(41-32)17-20-10-15-24-26(16-20)40-25-9-7-6-8-23(25)34(24)4/h6-18,29H,1-5H3/b27-17-/t29-/m1/s1. The van der Waals surface area contributed by atoms with Gasteiger partial charge in [0.2, 0.25) is 0 Å². The van der Waals surface area contributed by atoms with Gasteiger partial charge in [-0.15, -0.1) is 11.8 Å². The minimum atomic E-state index is -0.625. The van der Waals surface area contributed by atoms with Crippen molar-refractivity contribution in [1.29, 1.82) is 0 Å². The van der Waals surface area contributed by atoms with Crippen LogP contribution < -0.4 is 19.8 Å². The van der Waals surface area contributed by atoms with Crippen molar-refractivity contribution >= 4 is 58.3 Å². The van der Waals surface area contributed by atoms with E-state index in [2.05, 4.69) is 42.3 Å². The molecule has 9 heteroatoms. The summed E-state index contributed by atoms with van der Waals surface area (Å²) in [5.41, 5.74) is 4.86. The van der Waals surface area contributed by atoms with Crippen LogP contribution in [0, 0.1) is 0 Å². The van der Waals surface area contributed by atoms with E-state index in [0.29, 0.717) is 20.6 Å². The Balaban J connectivity index is 1.46. The van der Waals surface area contributed by atoms with E-state index in [1.54, 1.807) is 28.1 Å². The highest BCUT2D eigenvalue weighted by molar-refractivity contribution is 7.99. The van der Waals surface area contributed by atoms with Crippen molar-refractivity contribution in [2.24, 2.45) is 4.99 Å². The Morgan fingerprint density at radius 2 is 1.78 bits per heavy atom. The summed E-state index contributed by atoms with van der Waals surface area (Å²) in [6.45, 7) is 5.45. The maximum atomic E-state index is 14.0. The number of esters is 1. The number of aromatic nitrogens is 1. The van der Waals surface area contributed by atoms with Gasteiger partial charge in [0.25, 0.3) is 5.56 Å². The molecule has 0 saturated heterocycles. The van der Waals surface area contributed by atoms with E-state index in [4.69, 9.17) is 9.73 Å². The number of hydrogen-bond donors (Lipinski definition) is 0. The number of fused-ring (bicyclic) bond motifs is 3. The second-order valence-corrected chi connectivity index (χ2v) is 13.1. The number of rotatable bonds is 5. The topological polar surface area (TPSA) is 63.9 Å². The molecule has 3 heterocycles.